The first-order valence-electron chi connectivity index (χ1n) is 12.0. The van der Waals surface area contributed by atoms with Crippen LogP contribution < -0.4 is 9.03 Å². The maximum atomic E-state index is 13.6. The molecule has 9 heteroatoms. The van der Waals surface area contributed by atoms with Crippen molar-refractivity contribution in [1.29, 1.82) is 0 Å². The van der Waals surface area contributed by atoms with E-state index in [9.17, 15) is 18.0 Å². The van der Waals surface area contributed by atoms with E-state index >= 15 is 0 Å². The molecular weight excluding hydrogens is 526 g/mol. The van der Waals surface area contributed by atoms with Gasteiger partial charge >= 0.3 is 196 Å². The van der Waals surface area contributed by atoms with E-state index in [0.29, 0.717) is 0 Å². The van der Waals surface area contributed by atoms with Gasteiger partial charge in [-0.05, 0) is 0 Å². The number of nitrogens with one attached hydrogen (secondary N) is 1. The Balaban J connectivity index is 3.27. The molecule has 0 spiro atoms. The van der Waals surface area contributed by atoms with Crippen LogP contribution in [0.4, 0.5) is 18.0 Å². The molecule has 1 N–H and O–H groups in total. The van der Waals surface area contributed by atoms with Crippen molar-refractivity contribution in [3.8, 4) is 0 Å². The fraction of sp³-hybridized carbons (Fsp3) is 0.826. The molecule has 1 aromatic heterocycles. The third-order valence-electron chi connectivity index (χ3n) is 5.63. The van der Waals surface area contributed by atoms with Crippen molar-refractivity contribution in [1.82, 2.24) is 15.1 Å². The molecule has 1 rings (SSSR count). The predicted octanol–water partition coefficient (Wildman–Crippen LogP) is 6.48. The van der Waals surface area contributed by atoms with Crippen molar-refractivity contribution in [3.05, 3.63) is 11.8 Å². The monoisotopic (exact) mass is 569 g/mol. The van der Waals surface area contributed by atoms with Crippen LogP contribution in [-0.4, -0.2) is 46.4 Å². The van der Waals surface area contributed by atoms with Gasteiger partial charge in [0, 0.05) is 0 Å². The van der Waals surface area contributed by atoms with Crippen LogP contribution >= 0.6 is 0 Å². The van der Waals surface area contributed by atoms with Crippen LogP contribution in [0.15, 0.2) is 6.07 Å². The summed E-state index contributed by atoms with van der Waals surface area (Å²) in [5.74, 6) is 0. The van der Waals surface area contributed by atoms with E-state index in [1.807, 2.05) is 0 Å². The third-order valence-corrected chi connectivity index (χ3v) is 21.1. The van der Waals surface area contributed by atoms with E-state index in [4.69, 9.17) is 4.74 Å². The Bertz CT molecular complexity index is 678. The summed E-state index contributed by atoms with van der Waals surface area (Å²) in [6.07, 6.45) is 1.22. The van der Waals surface area contributed by atoms with Crippen molar-refractivity contribution in [2.75, 3.05) is 6.54 Å². The number of alkyl carbamates (subject to hydrolysis) is 1. The van der Waals surface area contributed by atoms with Gasteiger partial charge in [-0.2, -0.15) is 0 Å². The Morgan fingerprint density at radius 2 is 1.53 bits per heavy atom. The second-order valence-corrected chi connectivity index (χ2v) is 22.7. The molecule has 0 aliphatic heterocycles. The van der Waals surface area contributed by atoms with Crippen LogP contribution in [0.1, 0.15) is 85.8 Å². The predicted molar refractivity (Wildman–Crippen MR) is 126 cm³/mol. The molecular formula is C23H42F3N3O2Sn. The summed E-state index contributed by atoms with van der Waals surface area (Å²) in [5, 5.41) is 6.66. The number of alkyl halides is 3. The number of amides is 1. The minimum atomic E-state index is -4.48. The summed E-state index contributed by atoms with van der Waals surface area (Å²) in [7, 11) is 0. The second kappa shape index (κ2) is 13.1. The first kappa shape index (κ1) is 29.1. The van der Waals surface area contributed by atoms with E-state index in [-0.39, 0.29) is 13.1 Å². The van der Waals surface area contributed by atoms with Gasteiger partial charge in [-0.3, -0.25) is 0 Å². The van der Waals surface area contributed by atoms with Crippen LogP contribution in [0.5, 0.6) is 0 Å². The van der Waals surface area contributed by atoms with Crippen molar-refractivity contribution in [2.45, 2.75) is 112 Å². The molecule has 0 saturated heterocycles. The Hall–Kier alpha value is -0.931. The SMILES string of the molecule is CCC[CH2][Sn]([CH2]CCC)([CH2]CCC)[c]1cc(C(F)(F)F)nn1CCNC(=O)OC(C)(C)C. The number of ether oxygens (including phenoxy) is 1. The number of unbranched alkanes of at least 4 members (excludes halogenated alkanes) is 3. The number of hydrogen-bond donors (Lipinski definition) is 1. The summed E-state index contributed by atoms with van der Waals surface area (Å²) in [6, 6.07) is 1.34. The summed E-state index contributed by atoms with van der Waals surface area (Å²) in [5.41, 5.74) is -1.44. The van der Waals surface area contributed by atoms with E-state index in [1.165, 1.54) is 6.07 Å². The normalized spacial score (nSPS) is 12.8. The number of carbonyl (C=O) groups is 1. The van der Waals surface area contributed by atoms with Gasteiger partial charge in [-0.25, -0.2) is 0 Å². The number of hydrogen-bond acceptors (Lipinski definition) is 3. The number of rotatable bonds is 13. The molecule has 0 atom stereocenters. The zero-order chi connectivity index (χ0) is 24.4. The van der Waals surface area contributed by atoms with Gasteiger partial charge in [0.2, 0.25) is 0 Å². The summed E-state index contributed by atoms with van der Waals surface area (Å²) >= 11 is -3.14. The van der Waals surface area contributed by atoms with E-state index in [0.717, 1.165) is 55.5 Å². The second-order valence-electron chi connectivity index (χ2n) is 9.66. The Morgan fingerprint density at radius 1 is 1.03 bits per heavy atom. The molecule has 0 aromatic carbocycles. The number of nitrogens with zero attached hydrogens (tertiary/aromatic N) is 2. The number of aromatic nitrogens is 2. The Labute approximate surface area is 195 Å². The van der Waals surface area contributed by atoms with Gasteiger partial charge < -0.3 is 0 Å². The van der Waals surface area contributed by atoms with Crippen molar-refractivity contribution in [2.24, 2.45) is 0 Å². The fourth-order valence-corrected chi connectivity index (χ4v) is 20.5. The van der Waals surface area contributed by atoms with E-state index in [2.05, 4.69) is 31.2 Å². The fourth-order valence-electron chi connectivity index (χ4n) is 4.04. The summed E-state index contributed by atoms with van der Waals surface area (Å²) < 4.78 is 51.7. The quantitative estimate of drug-likeness (QED) is 0.277. The van der Waals surface area contributed by atoms with Gasteiger partial charge in [-0.1, -0.05) is 0 Å². The van der Waals surface area contributed by atoms with Gasteiger partial charge in [0.05, 0.1) is 0 Å². The molecule has 32 heavy (non-hydrogen) atoms. The standard InChI is InChI=1S/C11H15F3N3O2.3C4H9.Sn/c1-10(2,3)19-9(18)15-5-7-17-6-4-8(16-17)11(12,13)14;3*1-3-4-2;/h4H,5,7H2,1-3H3,(H,15,18);3*1,3-4H2,2H3;. The topological polar surface area (TPSA) is 56.2 Å². The van der Waals surface area contributed by atoms with E-state index in [1.54, 1.807) is 25.5 Å². The molecule has 0 aliphatic carbocycles. The molecule has 0 fully saturated rings. The average molecular weight is 568 g/mol. The van der Waals surface area contributed by atoms with Crippen LogP contribution in [0, 0.1) is 0 Å². The van der Waals surface area contributed by atoms with Crippen LogP contribution in [0.25, 0.3) is 0 Å². The molecule has 0 saturated carbocycles. The zero-order valence-electron chi connectivity index (χ0n) is 20.7. The molecule has 1 aromatic rings. The molecule has 0 aliphatic rings. The van der Waals surface area contributed by atoms with E-state index < -0.39 is 41.9 Å². The molecule has 0 bridgehead atoms. The molecule has 5 nitrogen and oxygen atoms in total. The van der Waals surface area contributed by atoms with Gasteiger partial charge in [-0.15, -0.1) is 0 Å². The molecule has 186 valence electrons. The van der Waals surface area contributed by atoms with Gasteiger partial charge in [0.1, 0.15) is 0 Å². The zero-order valence-corrected chi connectivity index (χ0v) is 23.6. The Kier molecular flexibility index (Phi) is 11.9. The van der Waals surface area contributed by atoms with Crippen molar-refractivity contribution < 1.29 is 22.7 Å². The molecule has 0 radical (unpaired) electrons. The van der Waals surface area contributed by atoms with Crippen molar-refractivity contribution >= 4 is 28.2 Å². The third kappa shape index (κ3) is 9.51. The van der Waals surface area contributed by atoms with Gasteiger partial charge in [0.15, 0.2) is 0 Å². The average Bonchev–Trinajstić information content (AvgIpc) is 3.11. The summed E-state index contributed by atoms with van der Waals surface area (Å²) in [6.45, 7) is 12.1. The summed E-state index contributed by atoms with van der Waals surface area (Å²) in [4.78, 5) is 12.0. The minimum absolute atomic E-state index is 0.179. The first-order valence-corrected chi connectivity index (χ1v) is 19.5. The number of halogens is 3. The number of carbonyl (C=O) groups excluding carboxylic acids is 1. The molecule has 1 amide bonds. The first-order chi connectivity index (χ1) is 14.9. The molecule has 0 unspecified atom stereocenters. The van der Waals surface area contributed by atoms with Crippen molar-refractivity contribution in [3.63, 3.8) is 0 Å². The molecule has 1 heterocycles. The van der Waals surface area contributed by atoms with Crippen LogP contribution in [0.3, 0.4) is 0 Å². The van der Waals surface area contributed by atoms with Crippen LogP contribution in [0.2, 0.25) is 13.3 Å². The van der Waals surface area contributed by atoms with Gasteiger partial charge in [0.25, 0.3) is 0 Å². The van der Waals surface area contributed by atoms with Crippen LogP contribution in [-0.2, 0) is 17.5 Å². The Morgan fingerprint density at radius 3 is 1.94 bits per heavy atom. The maximum absolute atomic E-state index is 13.6.